The number of methoxy groups -OCH3 is 1. The molecule has 0 bridgehead atoms. The van der Waals surface area contributed by atoms with Gasteiger partial charge in [-0.25, -0.2) is 0 Å². The zero-order valence-electron chi connectivity index (χ0n) is 16.3. The monoisotopic (exact) mass is 399 g/mol. The Hall–Kier alpha value is -1.83. The van der Waals surface area contributed by atoms with Crippen LogP contribution in [0, 0.1) is 0 Å². The Kier molecular flexibility index (Phi) is 9.55. The molecule has 1 aromatic carbocycles. The molecule has 1 amide bonds. The van der Waals surface area contributed by atoms with Gasteiger partial charge in [-0.1, -0.05) is 12.1 Å². The van der Waals surface area contributed by atoms with Crippen LogP contribution in [0.3, 0.4) is 0 Å². The molecule has 0 aromatic heterocycles. The molecule has 0 atom stereocenters. The van der Waals surface area contributed by atoms with E-state index in [-0.39, 0.29) is 30.9 Å². The van der Waals surface area contributed by atoms with Crippen LogP contribution < -0.4 is 4.74 Å². The molecule has 0 radical (unpaired) electrons. The van der Waals surface area contributed by atoms with Crippen LogP contribution in [0.2, 0.25) is 0 Å². The van der Waals surface area contributed by atoms with Crippen LogP contribution in [0.5, 0.6) is 5.75 Å². The van der Waals surface area contributed by atoms with Crippen molar-refractivity contribution >= 4 is 24.3 Å². The summed E-state index contributed by atoms with van der Waals surface area (Å²) in [5.41, 5.74) is 1.04. The Morgan fingerprint density at radius 2 is 1.93 bits per heavy atom. The maximum Gasteiger partial charge on any atom is 0.317 e. The zero-order valence-corrected chi connectivity index (χ0v) is 17.1. The Morgan fingerprint density at radius 1 is 1.26 bits per heavy atom. The average molecular weight is 400 g/mol. The van der Waals surface area contributed by atoms with Crippen molar-refractivity contribution in [2.45, 2.75) is 25.4 Å². The second-order valence-corrected chi connectivity index (χ2v) is 6.92. The SMILES string of the molecule is COc1cccc(CN(C)C(=O)CN2CCC(N(C)CC(=O)O)CC2)c1.Cl. The van der Waals surface area contributed by atoms with Gasteiger partial charge in [0.25, 0.3) is 0 Å². The highest BCUT2D eigenvalue weighted by Crippen LogP contribution is 2.16. The lowest BCUT2D eigenvalue weighted by Gasteiger charge is -2.36. The van der Waals surface area contributed by atoms with Crippen LogP contribution in [0.15, 0.2) is 24.3 Å². The van der Waals surface area contributed by atoms with Gasteiger partial charge in [-0.2, -0.15) is 0 Å². The predicted molar refractivity (Wildman–Crippen MR) is 106 cm³/mol. The normalized spacial score (nSPS) is 15.3. The first-order chi connectivity index (χ1) is 12.4. The molecule has 0 aliphatic carbocycles. The summed E-state index contributed by atoms with van der Waals surface area (Å²) >= 11 is 0. The molecule has 1 fully saturated rings. The quantitative estimate of drug-likeness (QED) is 0.715. The number of amides is 1. The number of likely N-dealkylation sites (N-methyl/N-ethyl adjacent to an activating group) is 2. The molecule has 2 rings (SSSR count). The van der Waals surface area contributed by atoms with Crippen molar-refractivity contribution in [3.05, 3.63) is 29.8 Å². The number of aliphatic carboxylic acids is 1. The number of benzene rings is 1. The third-order valence-electron chi connectivity index (χ3n) is 4.90. The van der Waals surface area contributed by atoms with Crippen LogP contribution in [-0.4, -0.2) is 85.1 Å². The van der Waals surface area contributed by atoms with Crippen molar-refractivity contribution in [2.24, 2.45) is 0 Å². The number of rotatable bonds is 8. The lowest BCUT2D eigenvalue weighted by Crippen LogP contribution is -2.47. The number of ether oxygens (including phenoxy) is 1. The van der Waals surface area contributed by atoms with Gasteiger partial charge in [0.15, 0.2) is 0 Å². The minimum atomic E-state index is -0.802. The fourth-order valence-corrected chi connectivity index (χ4v) is 3.31. The lowest BCUT2D eigenvalue weighted by molar-refractivity contribution is -0.138. The number of carbonyl (C=O) groups excluding carboxylic acids is 1. The number of piperidine rings is 1. The van der Waals surface area contributed by atoms with E-state index in [2.05, 4.69) is 4.90 Å². The average Bonchev–Trinajstić information content (AvgIpc) is 2.61. The molecule has 0 spiro atoms. The molecule has 1 heterocycles. The first kappa shape index (κ1) is 23.2. The van der Waals surface area contributed by atoms with Crippen molar-refractivity contribution in [1.82, 2.24) is 14.7 Å². The van der Waals surface area contributed by atoms with Crippen molar-refractivity contribution in [3.63, 3.8) is 0 Å². The molecule has 1 aliphatic rings. The highest BCUT2D eigenvalue weighted by atomic mass is 35.5. The second-order valence-electron chi connectivity index (χ2n) is 6.92. The summed E-state index contributed by atoms with van der Waals surface area (Å²) in [6.07, 6.45) is 1.77. The molecule has 0 unspecified atom stereocenters. The molecular formula is C19H30ClN3O4. The highest BCUT2D eigenvalue weighted by molar-refractivity contribution is 5.85. The number of carboxylic acids is 1. The summed E-state index contributed by atoms with van der Waals surface area (Å²) in [7, 11) is 5.29. The largest absolute Gasteiger partial charge is 0.497 e. The van der Waals surface area contributed by atoms with Gasteiger partial charge in [0.2, 0.25) is 5.91 Å². The van der Waals surface area contributed by atoms with E-state index in [1.165, 1.54) is 0 Å². The van der Waals surface area contributed by atoms with Crippen molar-refractivity contribution < 1.29 is 19.4 Å². The van der Waals surface area contributed by atoms with Gasteiger partial charge >= 0.3 is 5.97 Å². The number of likely N-dealkylation sites (tertiary alicyclic amines) is 1. The molecule has 1 aromatic rings. The van der Waals surface area contributed by atoms with Gasteiger partial charge in [-0.05, 0) is 37.6 Å². The molecule has 152 valence electrons. The number of hydrogen-bond donors (Lipinski definition) is 1. The highest BCUT2D eigenvalue weighted by Gasteiger charge is 2.25. The fraction of sp³-hybridized carbons (Fsp3) is 0.579. The summed E-state index contributed by atoms with van der Waals surface area (Å²) in [6.45, 7) is 2.64. The van der Waals surface area contributed by atoms with Crippen molar-refractivity contribution in [2.75, 3.05) is 47.4 Å². The summed E-state index contributed by atoms with van der Waals surface area (Å²) < 4.78 is 5.22. The van der Waals surface area contributed by atoms with Crippen LogP contribution in [-0.2, 0) is 16.1 Å². The van der Waals surface area contributed by atoms with Crippen LogP contribution in [0.1, 0.15) is 18.4 Å². The summed E-state index contributed by atoms with van der Waals surface area (Å²) in [5, 5.41) is 8.89. The number of halogens is 1. The molecule has 1 N–H and O–H groups in total. The topological polar surface area (TPSA) is 73.3 Å². The van der Waals surface area contributed by atoms with E-state index in [4.69, 9.17) is 9.84 Å². The van der Waals surface area contributed by atoms with E-state index in [1.54, 1.807) is 12.0 Å². The molecular weight excluding hydrogens is 370 g/mol. The van der Waals surface area contributed by atoms with Gasteiger partial charge in [0.05, 0.1) is 20.2 Å². The van der Waals surface area contributed by atoms with E-state index in [9.17, 15) is 9.59 Å². The molecule has 1 aliphatic heterocycles. The first-order valence-electron chi connectivity index (χ1n) is 8.90. The predicted octanol–water partition coefficient (Wildman–Crippen LogP) is 1.56. The minimum Gasteiger partial charge on any atom is -0.497 e. The molecule has 0 saturated carbocycles. The van der Waals surface area contributed by atoms with Gasteiger partial charge in [0.1, 0.15) is 5.75 Å². The Balaban J connectivity index is 0.00000364. The van der Waals surface area contributed by atoms with E-state index in [0.29, 0.717) is 13.1 Å². The van der Waals surface area contributed by atoms with E-state index < -0.39 is 5.97 Å². The number of carbonyl (C=O) groups is 2. The maximum atomic E-state index is 12.5. The molecule has 8 heteroatoms. The van der Waals surface area contributed by atoms with Gasteiger partial charge in [0, 0.05) is 32.7 Å². The summed E-state index contributed by atoms with van der Waals surface area (Å²) in [6, 6.07) is 8.00. The molecule has 27 heavy (non-hydrogen) atoms. The maximum absolute atomic E-state index is 12.5. The second kappa shape index (κ2) is 11.1. The van der Waals surface area contributed by atoms with E-state index in [1.807, 2.05) is 43.3 Å². The number of hydrogen-bond acceptors (Lipinski definition) is 5. The Labute approximate surface area is 167 Å². The zero-order chi connectivity index (χ0) is 19.1. The Morgan fingerprint density at radius 3 is 2.52 bits per heavy atom. The van der Waals surface area contributed by atoms with E-state index >= 15 is 0 Å². The smallest absolute Gasteiger partial charge is 0.317 e. The van der Waals surface area contributed by atoms with Crippen molar-refractivity contribution in [1.29, 1.82) is 0 Å². The Bertz CT molecular complexity index is 621. The van der Waals surface area contributed by atoms with E-state index in [0.717, 1.165) is 37.2 Å². The van der Waals surface area contributed by atoms with Crippen LogP contribution in [0.25, 0.3) is 0 Å². The molecule has 7 nitrogen and oxygen atoms in total. The molecule has 1 saturated heterocycles. The lowest BCUT2D eigenvalue weighted by atomic mass is 10.0. The van der Waals surface area contributed by atoms with Gasteiger partial charge < -0.3 is 14.7 Å². The fourth-order valence-electron chi connectivity index (χ4n) is 3.31. The summed E-state index contributed by atoms with van der Waals surface area (Å²) in [4.78, 5) is 29.1. The standard InChI is InChI=1S/C19H29N3O4.ClH/c1-20(14-19(24)25)16-7-9-22(10-8-16)13-18(23)21(2)12-15-5-4-6-17(11-15)26-3;/h4-6,11,16H,7-10,12-14H2,1-3H3,(H,24,25);1H. The van der Waals surface area contributed by atoms with Gasteiger partial charge in [-0.15, -0.1) is 12.4 Å². The van der Waals surface area contributed by atoms with Gasteiger partial charge in [-0.3, -0.25) is 19.4 Å². The minimum absolute atomic E-state index is 0. The third-order valence-corrected chi connectivity index (χ3v) is 4.90. The van der Waals surface area contributed by atoms with Crippen LogP contribution in [0.4, 0.5) is 0 Å². The van der Waals surface area contributed by atoms with Crippen molar-refractivity contribution in [3.8, 4) is 5.75 Å². The number of nitrogens with zero attached hydrogens (tertiary/aromatic N) is 3. The summed E-state index contributed by atoms with van der Waals surface area (Å²) in [5.74, 6) is 0.0744. The first-order valence-corrected chi connectivity index (χ1v) is 8.90. The third kappa shape index (κ3) is 7.36. The number of carboxylic acid groups (broad SMARTS) is 1. The van der Waals surface area contributed by atoms with Crippen LogP contribution >= 0.6 is 12.4 Å².